The van der Waals surface area contributed by atoms with E-state index in [0.717, 1.165) is 33.8 Å². The first-order chi connectivity index (χ1) is 18.2. The molecule has 38 heavy (non-hydrogen) atoms. The second kappa shape index (κ2) is 13.7. The Balaban J connectivity index is 1.60. The molecule has 3 N–H and O–H groups in total. The fourth-order valence-electron chi connectivity index (χ4n) is 3.92. The van der Waals surface area contributed by atoms with Gasteiger partial charge in [0.2, 0.25) is 0 Å². The molecule has 1 radical (unpaired) electrons. The average Bonchev–Trinajstić information content (AvgIpc) is 2.88. The Labute approximate surface area is 229 Å². The van der Waals surface area contributed by atoms with Gasteiger partial charge in [0.25, 0.3) is 0 Å². The Kier molecular flexibility index (Phi) is 10.4. The first-order valence-corrected chi connectivity index (χ1v) is 14.5. The summed E-state index contributed by atoms with van der Waals surface area (Å²) in [5.74, 6) is -1.27. The number of hydrogen-bond donors (Lipinski definition) is 3. The molecular formula is C28H32AsN4O5. The number of aryl methyl sites for hydroxylation is 4. The standard InChI is InChI=1S/C28H32AsN4O5/c1-17-8-5-11-21(14-17)25(35)30-16-23(27(37)38-4)33-26(36)24-18(2)31-28(32-19(24)3)29-13-7-10-20-9-6-12-22(34)15-20/h5-6,8-9,11-12,14-15,23,34H,7,10,13,16H2,1-4H3,(H,30,35)(H,33,36)/t23-/m0/s1. The third-order valence-corrected chi connectivity index (χ3v) is 7.96. The van der Waals surface area contributed by atoms with E-state index in [9.17, 15) is 19.5 Å². The van der Waals surface area contributed by atoms with Gasteiger partial charge in [-0.05, 0) is 6.92 Å². The molecule has 0 aliphatic rings. The number of nitrogens with one attached hydrogen (secondary N) is 2. The van der Waals surface area contributed by atoms with E-state index in [-0.39, 0.29) is 34.0 Å². The maximum absolute atomic E-state index is 13.1. The second-order valence-electron chi connectivity index (χ2n) is 8.85. The molecule has 0 spiro atoms. The quantitative estimate of drug-likeness (QED) is 0.180. The Morgan fingerprint density at radius 3 is 2.37 bits per heavy atom. The third-order valence-electron chi connectivity index (χ3n) is 5.81. The van der Waals surface area contributed by atoms with Crippen LogP contribution in [0.15, 0.2) is 48.5 Å². The molecular weight excluding hydrogens is 547 g/mol. The van der Waals surface area contributed by atoms with Crippen molar-refractivity contribution in [2.24, 2.45) is 0 Å². The number of benzene rings is 2. The predicted octanol–water partition coefficient (Wildman–Crippen LogP) is 2.19. The van der Waals surface area contributed by atoms with Gasteiger partial charge in [0.15, 0.2) is 0 Å². The maximum atomic E-state index is 13.1. The normalized spacial score (nSPS) is 11.8. The van der Waals surface area contributed by atoms with E-state index >= 15 is 0 Å². The number of esters is 1. The van der Waals surface area contributed by atoms with Crippen molar-refractivity contribution in [2.75, 3.05) is 13.7 Å². The summed E-state index contributed by atoms with van der Waals surface area (Å²) in [6, 6.07) is 13.2. The van der Waals surface area contributed by atoms with Crippen molar-refractivity contribution in [3.63, 3.8) is 0 Å². The molecule has 0 unspecified atom stereocenters. The SMILES string of the molecule is COC(=O)[C@H](CNC(=O)c1cccc(C)c1)NC(=O)c1c(C)nc([As]CCCc2cccc(O)c2)nc1C. The fourth-order valence-corrected chi connectivity index (χ4v) is 5.93. The molecule has 0 aliphatic carbocycles. The molecule has 10 heteroatoms. The number of carbonyl (C=O) groups excluding carboxylic acids is 3. The Morgan fingerprint density at radius 2 is 1.71 bits per heavy atom. The number of amides is 2. The van der Waals surface area contributed by atoms with E-state index in [1.807, 2.05) is 25.1 Å². The van der Waals surface area contributed by atoms with Crippen LogP contribution in [0.2, 0.25) is 5.21 Å². The van der Waals surface area contributed by atoms with Crippen LogP contribution in [0.5, 0.6) is 5.75 Å². The zero-order valence-corrected chi connectivity index (χ0v) is 23.8. The average molecular weight is 580 g/mol. The minimum atomic E-state index is -1.08. The fraction of sp³-hybridized carbons (Fsp3) is 0.321. The number of phenols is 1. The Bertz CT molecular complexity index is 1290. The van der Waals surface area contributed by atoms with Crippen LogP contribution in [-0.2, 0) is 16.0 Å². The van der Waals surface area contributed by atoms with Gasteiger partial charge in [-0.15, -0.1) is 0 Å². The monoisotopic (exact) mass is 579 g/mol. The van der Waals surface area contributed by atoms with Crippen LogP contribution in [0, 0.1) is 20.8 Å². The summed E-state index contributed by atoms with van der Waals surface area (Å²) in [4.78, 5) is 47.1. The molecule has 1 aromatic heterocycles. The summed E-state index contributed by atoms with van der Waals surface area (Å²) in [7, 11) is 1.22. The summed E-state index contributed by atoms with van der Waals surface area (Å²) < 4.78 is 5.57. The van der Waals surface area contributed by atoms with Crippen LogP contribution in [0.4, 0.5) is 0 Å². The van der Waals surface area contributed by atoms with Crippen LogP contribution < -0.4 is 15.2 Å². The van der Waals surface area contributed by atoms with Crippen molar-refractivity contribution in [3.8, 4) is 5.75 Å². The summed E-state index contributed by atoms with van der Waals surface area (Å²) >= 11 is -0.290. The number of rotatable bonds is 11. The molecule has 1 heterocycles. The summed E-state index contributed by atoms with van der Waals surface area (Å²) in [6.07, 6.45) is 1.81. The molecule has 3 aromatic rings. The summed E-state index contributed by atoms with van der Waals surface area (Å²) in [6.45, 7) is 5.23. The van der Waals surface area contributed by atoms with E-state index in [2.05, 4.69) is 20.6 Å². The van der Waals surface area contributed by atoms with Gasteiger partial charge < -0.3 is 0 Å². The minimum absolute atomic E-state index is 0.133. The van der Waals surface area contributed by atoms with Crippen LogP contribution in [0.1, 0.15) is 49.7 Å². The van der Waals surface area contributed by atoms with Gasteiger partial charge in [-0.2, -0.15) is 0 Å². The van der Waals surface area contributed by atoms with Gasteiger partial charge in [0.1, 0.15) is 0 Å². The van der Waals surface area contributed by atoms with Crippen molar-refractivity contribution in [2.45, 2.75) is 44.9 Å². The predicted molar refractivity (Wildman–Crippen MR) is 145 cm³/mol. The molecule has 199 valence electrons. The third kappa shape index (κ3) is 8.15. The molecule has 0 saturated heterocycles. The number of aromatic hydroxyl groups is 1. The van der Waals surface area contributed by atoms with E-state index in [0.29, 0.717) is 22.5 Å². The molecule has 0 bridgehead atoms. The van der Waals surface area contributed by atoms with E-state index in [1.165, 1.54) is 7.11 Å². The van der Waals surface area contributed by atoms with Crippen molar-refractivity contribution in [3.05, 3.63) is 82.2 Å². The summed E-state index contributed by atoms with van der Waals surface area (Å²) in [5.41, 5.74) is 3.83. The second-order valence-corrected chi connectivity index (χ2v) is 11.3. The van der Waals surface area contributed by atoms with Crippen LogP contribution in [0.3, 0.4) is 0 Å². The van der Waals surface area contributed by atoms with Crippen molar-refractivity contribution >= 4 is 38.1 Å². The van der Waals surface area contributed by atoms with Crippen molar-refractivity contribution in [1.82, 2.24) is 20.6 Å². The van der Waals surface area contributed by atoms with Gasteiger partial charge in [-0.25, -0.2) is 0 Å². The number of carbonyl (C=O) groups is 3. The number of nitrogens with zero attached hydrogens (tertiary/aromatic N) is 2. The number of ether oxygens (including phenoxy) is 1. The molecule has 3 rings (SSSR count). The van der Waals surface area contributed by atoms with Gasteiger partial charge in [0, 0.05) is 0 Å². The first kappa shape index (κ1) is 28.9. The zero-order valence-electron chi connectivity index (χ0n) is 21.9. The number of phenolic OH excluding ortho intramolecular Hbond substituents is 1. The topological polar surface area (TPSA) is 131 Å². The van der Waals surface area contributed by atoms with Crippen molar-refractivity contribution in [1.29, 1.82) is 0 Å². The van der Waals surface area contributed by atoms with Crippen LogP contribution in [-0.4, -0.2) is 68.3 Å². The molecule has 2 aromatic carbocycles. The van der Waals surface area contributed by atoms with Gasteiger partial charge >= 0.3 is 205 Å². The Hall–Kier alpha value is -3.71. The number of hydrogen-bond acceptors (Lipinski definition) is 7. The van der Waals surface area contributed by atoms with Gasteiger partial charge in [-0.1, -0.05) is 17.7 Å². The van der Waals surface area contributed by atoms with Crippen LogP contribution in [0.25, 0.3) is 0 Å². The van der Waals surface area contributed by atoms with Gasteiger partial charge in [0.05, 0.1) is 0 Å². The molecule has 0 fully saturated rings. The van der Waals surface area contributed by atoms with E-state index in [1.54, 1.807) is 44.2 Å². The molecule has 1 atom stereocenters. The van der Waals surface area contributed by atoms with Gasteiger partial charge in [-0.3, -0.25) is 0 Å². The molecule has 0 saturated carbocycles. The summed E-state index contributed by atoms with van der Waals surface area (Å²) in [5, 5.41) is 15.9. The van der Waals surface area contributed by atoms with Crippen molar-refractivity contribution < 1.29 is 24.2 Å². The van der Waals surface area contributed by atoms with E-state index < -0.39 is 17.9 Å². The molecule has 9 nitrogen and oxygen atoms in total. The van der Waals surface area contributed by atoms with Crippen LogP contribution >= 0.6 is 0 Å². The number of aromatic nitrogens is 2. The molecule has 2 amide bonds. The first-order valence-electron chi connectivity index (χ1n) is 12.2. The van der Waals surface area contributed by atoms with E-state index in [4.69, 9.17) is 4.74 Å². The number of methoxy groups -OCH3 is 1. The molecule has 0 aliphatic heterocycles. The Morgan fingerprint density at radius 1 is 1.00 bits per heavy atom. The zero-order chi connectivity index (χ0) is 27.7.